The fourth-order valence-corrected chi connectivity index (χ4v) is 7.13. The SMILES string of the molecule is CC1(CCOC(=O)NCCc2cccc(I)c2)SC(c2ccc(OCc3ccccc3)cc2)N(c2cccc(C(N)=O)c2)C1=O. The normalized spacial score (nSPS) is 17.6. The van der Waals surface area contributed by atoms with E-state index in [-0.39, 0.29) is 12.5 Å². The van der Waals surface area contributed by atoms with Crippen LogP contribution in [0.1, 0.15) is 45.8 Å². The van der Waals surface area contributed by atoms with E-state index in [1.165, 1.54) is 11.8 Å². The highest BCUT2D eigenvalue weighted by atomic mass is 127. The Bertz CT molecular complexity index is 1650. The van der Waals surface area contributed by atoms with Crippen LogP contribution in [0.25, 0.3) is 0 Å². The number of hydrogen-bond acceptors (Lipinski definition) is 6. The maximum atomic E-state index is 14.1. The fourth-order valence-electron chi connectivity index (χ4n) is 5.02. The minimum atomic E-state index is -0.892. The number of rotatable bonds is 12. The molecule has 1 aliphatic heterocycles. The lowest BCUT2D eigenvalue weighted by Gasteiger charge is -2.25. The molecule has 0 spiro atoms. The van der Waals surface area contributed by atoms with Gasteiger partial charge in [-0.25, -0.2) is 4.79 Å². The van der Waals surface area contributed by atoms with E-state index in [4.69, 9.17) is 15.2 Å². The third-order valence-electron chi connectivity index (χ3n) is 7.48. The van der Waals surface area contributed by atoms with Crippen molar-refractivity contribution >= 4 is 57.9 Å². The molecule has 0 bridgehead atoms. The number of carbonyl (C=O) groups excluding carboxylic acids is 3. The maximum Gasteiger partial charge on any atom is 0.407 e. The van der Waals surface area contributed by atoms with Crippen molar-refractivity contribution in [2.24, 2.45) is 5.73 Å². The average molecular weight is 736 g/mol. The molecule has 0 radical (unpaired) electrons. The van der Waals surface area contributed by atoms with Crippen LogP contribution >= 0.6 is 34.4 Å². The van der Waals surface area contributed by atoms with Crippen LogP contribution in [0.3, 0.4) is 0 Å². The Morgan fingerprint density at radius 1 is 0.956 bits per heavy atom. The molecule has 3 N–H and O–H groups in total. The number of nitrogens with zero attached hydrogens (tertiary/aromatic N) is 1. The predicted octanol–water partition coefficient (Wildman–Crippen LogP) is 6.87. The number of alkyl carbamates (subject to hydrolysis) is 1. The van der Waals surface area contributed by atoms with E-state index in [0.29, 0.717) is 43.0 Å². The summed E-state index contributed by atoms with van der Waals surface area (Å²) in [6, 6.07) is 32.4. The van der Waals surface area contributed by atoms with E-state index in [2.05, 4.69) is 34.0 Å². The molecule has 0 saturated carbocycles. The van der Waals surface area contributed by atoms with Crippen LogP contribution in [0, 0.1) is 3.57 Å². The van der Waals surface area contributed by atoms with E-state index >= 15 is 0 Å². The van der Waals surface area contributed by atoms with E-state index in [9.17, 15) is 14.4 Å². The van der Waals surface area contributed by atoms with Gasteiger partial charge >= 0.3 is 6.09 Å². The van der Waals surface area contributed by atoms with E-state index in [1.807, 2.05) is 79.7 Å². The van der Waals surface area contributed by atoms with E-state index < -0.39 is 22.1 Å². The molecule has 5 rings (SSSR count). The number of nitrogens with two attached hydrogens (primary N) is 1. The zero-order chi connectivity index (χ0) is 31.8. The molecule has 2 unspecified atom stereocenters. The maximum absolute atomic E-state index is 14.1. The molecule has 10 heteroatoms. The van der Waals surface area contributed by atoms with Gasteiger partial charge in [0.15, 0.2) is 0 Å². The van der Waals surface area contributed by atoms with Crippen molar-refractivity contribution in [3.8, 4) is 5.75 Å². The van der Waals surface area contributed by atoms with Gasteiger partial charge in [0.2, 0.25) is 11.8 Å². The Balaban J connectivity index is 1.26. The summed E-state index contributed by atoms with van der Waals surface area (Å²) in [4.78, 5) is 40.1. The molecule has 4 aromatic rings. The smallest absolute Gasteiger partial charge is 0.407 e. The van der Waals surface area contributed by atoms with Crippen molar-refractivity contribution in [3.05, 3.63) is 129 Å². The standard InChI is InChI=1S/C35H34IN3O5S/c1-35(18-20-43-34(42)38-19-17-24-9-5-11-28(36)21-24)33(41)39(29-12-6-10-27(22-29)31(37)40)32(45-35)26-13-15-30(16-14-26)44-23-25-7-3-2-4-8-25/h2-16,21-22,32H,17-20,23H2,1H3,(H2,37,40)(H,38,42). The highest BCUT2D eigenvalue weighted by Crippen LogP contribution is 2.52. The molecular weight excluding hydrogens is 701 g/mol. The zero-order valence-electron chi connectivity index (χ0n) is 24.8. The van der Waals surface area contributed by atoms with E-state index in [0.717, 1.165) is 20.3 Å². The summed E-state index contributed by atoms with van der Waals surface area (Å²) < 4.78 is 11.7. The summed E-state index contributed by atoms with van der Waals surface area (Å²) in [5.41, 5.74) is 9.52. The lowest BCUT2D eigenvalue weighted by Crippen LogP contribution is -2.38. The van der Waals surface area contributed by atoms with Crippen LogP contribution < -0.4 is 20.7 Å². The quantitative estimate of drug-likeness (QED) is 0.154. The van der Waals surface area contributed by atoms with Crippen molar-refractivity contribution < 1.29 is 23.9 Å². The Kier molecular flexibility index (Phi) is 10.7. The van der Waals surface area contributed by atoms with Crippen LogP contribution in [-0.4, -0.2) is 35.8 Å². The average Bonchev–Trinajstić information content (AvgIpc) is 3.30. The lowest BCUT2D eigenvalue weighted by molar-refractivity contribution is -0.120. The number of hydrogen-bond donors (Lipinski definition) is 2. The van der Waals surface area contributed by atoms with Crippen LogP contribution in [0.2, 0.25) is 0 Å². The van der Waals surface area contributed by atoms with Crippen LogP contribution in [0.15, 0.2) is 103 Å². The van der Waals surface area contributed by atoms with Gasteiger partial charge in [-0.15, -0.1) is 11.8 Å². The largest absolute Gasteiger partial charge is 0.489 e. The molecule has 2 atom stereocenters. The third kappa shape index (κ3) is 8.37. The van der Waals surface area contributed by atoms with Gasteiger partial charge in [0.25, 0.3) is 0 Å². The molecule has 8 nitrogen and oxygen atoms in total. The predicted molar refractivity (Wildman–Crippen MR) is 185 cm³/mol. The number of anilines is 1. The van der Waals surface area contributed by atoms with Crippen molar-refractivity contribution in [1.29, 1.82) is 0 Å². The molecule has 0 aliphatic carbocycles. The number of carbonyl (C=O) groups is 3. The number of nitrogens with one attached hydrogen (secondary N) is 1. The topological polar surface area (TPSA) is 111 Å². The van der Waals surface area contributed by atoms with Crippen LogP contribution in [0.4, 0.5) is 10.5 Å². The number of thioether (sulfide) groups is 1. The molecule has 1 aliphatic rings. The molecule has 3 amide bonds. The van der Waals surface area contributed by atoms with Gasteiger partial charge < -0.3 is 20.5 Å². The fraction of sp³-hybridized carbons (Fsp3) is 0.229. The summed E-state index contributed by atoms with van der Waals surface area (Å²) in [6.07, 6.45) is 0.477. The van der Waals surface area contributed by atoms with Crippen molar-refractivity contribution in [2.45, 2.75) is 36.5 Å². The molecule has 0 aromatic heterocycles. The van der Waals surface area contributed by atoms with Gasteiger partial charge in [-0.05, 0) is 95.1 Å². The third-order valence-corrected chi connectivity index (χ3v) is 9.76. The van der Waals surface area contributed by atoms with Gasteiger partial charge in [0.1, 0.15) is 17.7 Å². The molecule has 232 valence electrons. The molecule has 1 fully saturated rings. The minimum Gasteiger partial charge on any atom is -0.489 e. The molecule has 1 heterocycles. The van der Waals surface area contributed by atoms with Gasteiger partial charge in [-0.3, -0.25) is 14.5 Å². The molecular formula is C35H34IN3O5S. The second kappa shape index (κ2) is 14.8. The summed E-state index contributed by atoms with van der Waals surface area (Å²) >= 11 is 3.74. The van der Waals surface area contributed by atoms with Crippen LogP contribution in [-0.2, 0) is 22.6 Å². The first-order valence-electron chi connectivity index (χ1n) is 14.5. The number of amides is 3. The van der Waals surface area contributed by atoms with Gasteiger partial charge in [-0.1, -0.05) is 60.7 Å². The van der Waals surface area contributed by atoms with Crippen molar-refractivity contribution in [2.75, 3.05) is 18.1 Å². The number of ether oxygens (including phenoxy) is 2. The zero-order valence-corrected chi connectivity index (χ0v) is 27.8. The lowest BCUT2D eigenvalue weighted by atomic mass is 10.0. The first kappa shape index (κ1) is 32.4. The number of halogens is 1. The second-order valence-electron chi connectivity index (χ2n) is 10.8. The Hall–Kier alpha value is -4.03. The first-order valence-corrected chi connectivity index (χ1v) is 16.5. The molecule has 4 aromatic carbocycles. The summed E-state index contributed by atoms with van der Waals surface area (Å²) in [5.74, 6) is -0.00798. The van der Waals surface area contributed by atoms with Gasteiger partial charge in [0, 0.05) is 27.8 Å². The minimum absolute atomic E-state index is 0.0679. The summed E-state index contributed by atoms with van der Waals surface area (Å²) in [7, 11) is 0. The first-order chi connectivity index (χ1) is 21.7. The number of benzene rings is 4. The summed E-state index contributed by atoms with van der Waals surface area (Å²) in [5, 5.41) is 2.40. The molecule has 1 saturated heterocycles. The highest BCUT2D eigenvalue weighted by molar-refractivity contribution is 14.1. The van der Waals surface area contributed by atoms with Crippen molar-refractivity contribution in [1.82, 2.24) is 5.32 Å². The van der Waals surface area contributed by atoms with Crippen molar-refractivity contribution in [3.63, 3.8) is 0 Å². The molecule has 45 heavy (non-hydrogen) atoms. The summed E-state index contributed by atoms with van der Waals surface area (Å²) in [6.45, 7) is 2.82. The van der Waals surface area contributed by atoms with Crippen LogP contribution in [0.5, 0.6) is 5.75 Å². The number of primary amides is 1. The Morgan fingerprint density at radius 3 is 2.42 bits per heavy atom. The Morgan fingerprint density at radius 2 is 1.69 bits per heavy atom. The van der Waals surface area contributed by atoms with Gasteiger partial charge in [-0.2, -0.15) is 0 Å². The monoisotopic (exact) mass is 735 g/mol. The van der Waals surface area contributed by atoms with E-state index in [1.54, 1.807) is 29.2 Å². The Labute approximate surface area is 280 Å². The second-order valence-corrected chi connectivity index (χ2v) is 13.7. The van der Waals surface area contributed by atoms with Gasteiger partial charge in [0.05, 0.1) is 11.4 Å². The highest BCUT2D eigenvalue weighted by Gasteiger charge is 2.50.